The summed E-state index contributed by atoms with van der Waals surface area (Å²) in [5, 5.41) is 14.1. The van der Waals surface area contributed by atoms with E-state index in [9.17, 15) is 9.59 Å². The third kappa shape index (κ3) is 3.70. The minimum Gasteiger partial charge on any atom is -0.481 e. The summed E-state index contributed by atoms with van der Waals surface area (Å²) in [5.41, 5.74) is 0.959. The van der Waals surface area contributed by atoms with E-state index in [4.69, 9.17) is 5.11 Å². The summed E-state index contributed by atoms with van der Waals surface area (Å²) in [6.45, 7) is 1.64. The Morgan fingerprint density at radius 2 is 2.13 bits per heavy atom. The van der Waals surface area contributed by atoms with E-state index in [0.717, 1.165) is 30.3 Å². The van der Waals surface area contributed by atoms with E-state index in [0.29, 0.717) is 13.0 Å². The van der Waals surface area contributed by atoms with Crippen molar-refractivity contribution >= 4 is 22.8 Å². The van der Waals surface area contributed by atoms with E-state index in [-0.39, 0.29) is 24.8 Å². The number of carboxylic acids is 1. The summed E-state index contributed by atoms with van der Waals surface area (Å²) < 4.78 is 1.73. The van der Waals surface area contributed by atoms with Crippen LogP contribution in [0.4, 0.5) is 0 Å². The second-order valence-corrected chi connectivity index (χ2v) is 6.14. The SMILES string of the molecule is O=C(O)CCC1CCCN(C(=O)Cn2ncc3ccccc32)C1. The average Bonchev–Trinajstić information content (AvgIpc) is 2.96. The minimum absolute atomic E-state index is 0.0545. The van der Waals surface area contributed by atoms with Gasteiger partial charge in [-0.05, 0) is 31.2 Å². The molecule has 6 nitrogen and oxygen atoms in total. The minimum atomic E-state index is -0.767. The number of hydrogen-bond acceptors (Lipinski definition) is 3. The molecule has 1 aromatic carbocycles. The maximum absolute atomic E-state index is 12.5. The van der Waals surface area contributed by atoms with Crippen molar-refractivity contribution in [3.63, 3.8) is 0 Å². The Bertz CT molecular complexity index is 710. The van der Waals surface area contributed by atoms with Crippen LogP contribution in [0.2, 0.25) is 0 Å². The van der Waals surface area contributed by atoms with Crippen LogP contribution in [0.25, 0.3) is 10.9 Å². The Kier molecular flexibility index (Phi) is 4.60. The quantitative estimate of drug-likeness (QED) is 0.917. The number of nitrogens with zero attached hydrogens (tertiary/aromatic N) is 3. The molecule has 0 saturated carbocycles. The Morgan fingerprint density at radius 3 is 2.96 bits per heavy atom. The maximum Gasteiger partial charge on any atom is 0.303 e. The van der Waals surface area contributed by atoms with Crippen LogP contribution in [-0.4, -0.2) is 44.8 Å². The summed E-state index contributed by atoms with van der Waals surface area (Å²) in [5.74, 6) is -0.423. The molecule has 1 atom stereocenters. The van der Waals surface area contributed by atoms with E-state index in [2.05, 4.69) is 5.10 Å². The van der Waals surface area contributed by atoms with Gasteiger partial charge in [-0.1, -0.05) is 18.2 Å². The molecule has 1 aromatic heterocycles. The third-order valence-electron chi connectivity index (χ3n) is 4.47. The van der Waals surface area contributed by atoms with Crippen molar-refractivity contribution in [1.82, 2.24) is 14.7 Å². The van der Waals surface area contributed by atoms with Crippen LogP contribution >= 0.6 is 0 Å². The molecular weight excluding hydrogens is 294 g/mol. The monoisotopic (exact) mass is 315 g/mol. The zero-order valence-electron chi connectivity index (χ0n) is 13.0. The van der Waals surface area contributed by atoms with Crippen LogP contribution in [0.5, 0.6) is 0 Å². The van der Waals surface area contributed by atoms with E-state index in [1.807, 2.05) is 29.2 Å². The number of carbonyl (C=O) groups is 2. The molecule has 23 heavy (non-hydrogen) atoms. The molecular formula is C17H21N3O3. The Hall–Kier alpha value is -2.37. The number of hydrogen-bond donors (Lipinski definition) is 1. The molecule has 6 heteroatoms. The summed E-state index contributed by atoms with van der Waals surface area (Å²) in [6.07, 6.45) is 4.53. The number of aromatic nitrogens is 2. The Morgan fingerprint density at radius 1 is 1.30 bits per heavy atom. The second kappa shape index (κ2) is 6.81. The molecule has 1 amide bonds. The third-order valence-corrected chi connectivity index (χ3v) is 4.47. The predicted octanol–water partition coefficient (Wildman–Crippen LogP) is 2.14. The highest BCUT2D eigenvalue weighted by Crippen LogP contribution is 2.21. The van der Waals surface area contributed by atoms with Gasteiger partial charge in [0.15, 0.2) is 0 Å². The molecule has 2 aromatic rings. The van der Waals surface area contributed by atoms with Crippen molar-refractivity contribution in [3.05, 3.63) is 30.5 Å². The lowest BCUT2D eigenvalue weighted by Gasteiger charge is -2.32. The number of piperidine rings is 1. The molecule has 3 rings (SSSR count). The van der Waals surface area contributed by atoms with Crippen molar-refractivity contribution in [1.29, 1.82) is 0 Å². The first-order valence-electron chi connectivity index (χ1n) is 8.03. The van der Waals surface area contributed by atoms with Gasteiger partial charge in [0, 0.05) is 24.9 Å². The highest BCUT2D eigenvalue weighted by molar-refractivity contribution is 5.82. The first-order valence-corrected chi connectivity index (χ1v) is 8.03. The highest BCUT2D eigenvalue weighted by atomic mass is 16.4. The standard InChI is InChI=1S/C17H21N3O3/c21-16(12-20-15-6-2-1-5-14(15)10-18-20)19-9-3-4-13(11-19)7-8-17(22)23/h1-2,5-6,10,13H,3-4,7-9,11-12H2,(H,22,23). The number of likely N-dealkylation sites (tertiary alicyclic amines) is 1. The summed E-state index contributed by atoms with van der Waals surface area (Å²) >= 11 is 0. The van der Waals surface area contributed by atoms with Crippen molar-refractivity contribution in [3.8, 4) is 0 Å². The van der Waals surface area contributed by atoms with Gasteiger partial charge in [-0.3, -0.25) is 14.3 Å². The van der Waals surface area contributed by atoms with Gasteiger partial charge in [0.25, 0.3) is 0 Å². The van der Waals surface area contributed by atoms with Crippen molar-refractivity contribution in [2.75, 3.05) is 13.1 Å². The first-order chi connectivity index (χ1) is 11.1. The molecule has 0 aliphatic carbocycles. The topological polar surface area (TPSA) is 75.4 Å². The molecule has 1 aliphatic rings. The van der Waals surface area contributed by atoms with E-state index < -0.39 is 5.97 Å². The number of rotatable bonds is 5. The van der Waals surface area contributed by atoms with Gasteiger partial charge in [0.1, 0.15) is 6.54 Å². The molecule has 1 saturated heterocycles. The Balaban J connectivity index is 1.62. The smallest absolute Gasteiger partial charge is 0.303 e. The fourth-order valence-electron chi connectivity index (χ4n) is 3.23. The Labute approximate surface area is 134 Å². The zero-order valence-corrected chi connectivity index (χ0v) is 13.0. The number of carbonyl (C=O) groups excluding carboxylic acids is 1. The van der Waals surface area contributed by atoms with Gasteiger partial charge in [-0.25, -0.2) is 0 Å². The van der Waals surface area contributed by atoms with Crippen LogP contribution in [-0.2, 0) is 16.1 Å². The fraction of sp³-hybridized carbons (Fsp3) is 0.471. The van der Waals surface area contributed by atoms with E-state index >= 15 is 0 Å². The van der Waals surface area contributed by atoms with Gasteiger partial charge >= 0.3 is 5.97 Å². The van der Waals surface area contributed by atoms with Gasteiger partial charge in [-0.2, -0.15) is 5.10 Å². The molecule has 1 unspecified atom stereocenters. The number of benzene rings is 1. The highest BCUT2D eigenvalue weighted by Gasteiger charge is 2.24. The van der Waals surface area contributed by atoms with Crippen molar-refractivity contribution < 1.29 is 14.7 Å². The van der Waals surface area contributed by atoms with Crippen molar-refractivity contribution in [2.24, 2.45) is 5.92 Å². The lowest BCUT2D eigenvalue weighted by molar-refractivity contribution is -0.137. The maximum atomic E-state index is 12.5. The number of carboxylic acid groups (broad SMARTS) is 1. The average molecular weight is 315 g/mol. The molecule has 0 bridgehead atoms. The summed E-state index contributed by atoms with van der Waals surface area (Å²) in [6, 6.07) is 7.83. The fourth-order valence-corrected chi connectivity index (χ4v) is 3.23. The van der Waals surface area contributed by atoms with Gasteiger partial charge < -0.3 is 10.0 Å². The first kappa shape index (κ1) is 15.5. The van der Waals surface area contributed by atoms with E-state index in [1.54, 1.807) is 10.9 Å². The molecule has 1 aliphatic heterocycles. The number of amides is 1. The molecule has 0 radical (unpaired) electrons. The lowest BCUT2D eigenvalue weighted by Crippen LogP contribution is -2.41. The van der Waals surface area contributed by atoms with Gasteiger partial charge in [0.2, 0.25) is 5.91 Å². The molecule has 2 heterocycles. The molecule has 1 N–H and O–H groups in total. The summed E-state index contributed by atoms with van der Waals surface area (Å²) in [7, 11) is 0. The van der Waals surface area contributed by atoms with Crippen LogP contribution in [0, 0.1) is 5.92 Å². The summed E-state index contributed by atoms with van der Waals surface area (Å²) in [4.78, 5) is 25.1. The van der Waals surface area contributed by atoms with Crippen LogP contribution < -0.4 is 0 Å². The number of aliphatic carboxylic acids is 1. The number of fused-ring (bicyclic) bond motifs is 1. The molecule has 0 spiro atoms. The zero-order chi connectivity index (χ0) is 16.2. The molecule has 122 valence electrons. The van der Waals surface area contributed by atoms with Crippen LogP contribution in [0.15, 0.2) is 30.5 Å². The van der Waals surface area contributed by atoms with E-state index in [1.165, 1.54) is 0 Å². The van der Waals surface area contributed by atoms with Crippen molar-refractivity contribution in [2.45, 2.75) is 32.2 Å². The van der Waals surface area contributed by atoms with Crippen LogP contribution in [0.1, 0.15) is 25.7 Å². The predicted molar refractivity (Wildman–Crippen MR) is 85.9 cm³/mol. The van der Waals surface area contributed by atoms with Gasteiger partial charge in [0.05, 0.1) is 11.7 Å². The lowest BCUT2D eigenvalue weighted by atomic mass is 9.93. The normalized spacial score (nSPS) is 18.3. The second-order valence-electron chi connectivity index (χ2n) is 6.14. The molecule has 1 fully saturated rings. The largest absolute Gasteiger partial charge is 0.481 e. The van der Waals surface area contributed by atoms with Gasteiger partial charge in [-0.15, -0.1) is 0 Å². The number of para-hydroxylation sites is 1. The van der Waals surface area contributed by atoms with Crippen LogP contribution in [0.3, 0.4) is 0 Å².